The van der Waals surface area contributed by atoms with Gasteiger partial charge in [-0.25, -0.2) is 0 Å². The number of hydrogen-bond donors (Lipinski definition) is 0. The Kier molecular flexibility index (Phi) is 6.42. The molecule has 0 atom stereocenters. The van der Waals surface area contributed by atoms with Crippen LogP contribution in [0.25, 0.3) is 21.9 Å². The summed E-state index contributed by atoms with van der Waals surface area (Å²) in [5.74, 6) is 0. The zero-order valence-corrected chi connectivity index (χ0v) is 16.1. The first-order valence-corrected chi connectivity index (χ1v) is 13.0. The summed E-state index contributed by atoms with van der Waals surface area (Å²) in [6.45, 7) is 2.01. The molecule has 23 heavy (non-hydrogen) atoms. The molecule has 0 fully saturated rings. The van der Waals surface area contributed by atoms with Gasteiger partial charge in [0.05, 0.1) is 5.56 Å². The predicted octanol–water partition coefficient (Wildman–Crippen LogP) is 6.93. The molecule has 0 amide bonds. The van der Waals surface area contributed by atoms with E-state index < -0.39 is 32.6 Å². The van der Waals surface area contributed by atoms with Crippen LogP contribution in [0, 0.1) is 6.92 Å². The Bertz CT molecular complexity index is 777. The third kappa shape index (κ3) is 4.65. The van der Waals surface area contributed by atoms with Crippen LogP contribution < -0.4 is 0 Å². The summed E-state index contributed by atoms with van der Waals surface area (Å²) in [6.07, 6.45) is -4.29. The first-order chi connectivity index (χ1) is 10.9. The summed E-state index contributed by atoms with van der Waals surface area (Å²) in [5.41, 5.74) is 2.30. The fourth-order valence-corrected chi connectivity index (χ4v) is 2.48. The molecule has 3 aromatic carbocycles. The molecule has 0 bridgehead atoms. The summed E-state index contributed by atoms with van der Waals surface area (Å²) >= 11 is -0.826. The Hall–Kier alpha value is -0.697. The van der Waals surface area contributed by atoms with Crippen LogP contribution in [0.4, 0.5) is 13.2 Å². The van der Waals surface area contributed by atoms with E-state index >= 15 is 0 Å². The molecular weight excluding hydrogens is 423 g/mol. The van der Waals surface area contributed by atoms with Gasteiger partial charge >= 0.3 is 44.1 Å². The van der Waals surface area contributed by atoms with Gasteiger partial charge < -0.3 is 0 Å². The molecule has 0 radical (unpaired) electrons. The van der Waals surface area contributed by atoms with Crippen molar-refractivity contribution in [2.24, 2.45) is 0 Å². The molecule has 3 rings (SSSR count). The first kappa shape index (κ1) is 18.6. The second-order valence-corrected chi connectivity index (χ2v) is 8.72. The van der Waals surface area contributed by atoms with Crippen molar-refractivity contribution in [1.82, 2.24) is 0 Å². The second-order valence-electron chi connectivity index (χ2n) is 4.99. The summed E-state index contributed by atoms with van der Waals surface area (Å²) in [6, 6.07) is 15.3. The molecule has 0 aromatic heterocycles. The van der Waals surface area contributed by atoms with E-state index in [2.05, 4.69) is 12.1 Å². The van der Waals surface area contributed by atoms with E-state index in [-0.39, 0.29) is 0 Å². The van der Waals surface area contributed by atoms with Gasteiger partial charge in [0.2, 0.25) is 0 Å². The molecule has 0 nitrogen and oxygen atoms in total. The molecule has 0 heterocycles. The zero-order valence-electron chi connectivity index (χ0n) is 12.1. The Balaban J connectivity index is 0.000000595. The van der Waals surface area contributed by atoms with Gasteiger partial charge in [-0.1, -0.05) is 30.7 Å². The van der Waals surface area contributed by atoms with Crippen LogP contribution >= 0.6 is 17.0 Å². The van der Waals surface area contributed by atoms with E-state index in [0.29, 0.717) is 0 Å². The Morgan fingerprint density at radius 2 is 1.61 bits per heavy atom. The molecule has 0 saturated heterocycles. The van der Waals surface area contributed by atoms with E-state index in [9.17, 15) is 13.2 Å². The fourth-order valence-electron chi connectivity index (χ4n) is 2.48. The van der Waals surface area contributed by atoms with Gasteiger partial charge in [-0.15, -0.1) is 34.5 Å². The third-order valence-corrected chi connectivity index (χ3v) is 3.42. The van der Waals surface area contributed by atoms with E-state index in [1.54, 1.807) is 0 Å². The number of hydrogen-bond acceptors (Lipinski definition) is 0. The van der Waals surface area contributed by atoms with Gasteiger partial charge in [-0.2, -0.15) is 19.2 Å². The van der Waals surface area contributed by atoms with Crippen LogP contribution in [0.15, 0.2) is 54.6 Å². The normalized spacial score (nSPS) is 11.0. The van der Waals surface area contributed by atoms with E-state index in [4.69, 9.17) is 17.0 Å². The summed E-state index contributed by atoms with van der Waals surface area (Å²) < 4.78 is 37.7. The quantitative estimate of drug-likeness (QED) is 0.364. The Morgan fingerprint density at radius 3 is 2.17 bits per heavy atom. The summed E-state index contributed by atoms with van der Waals surface area (Å²) in [5, 5.41) is 2.18. The van der Waals surface area contributed by atoms with Crippen molar-refractivity contribution in [3.63, 3.8) is 0 Å². The van der Waals surface area contributed by atoms with Crippen LogP contribution in [0.1, 0.15) is 11.1 Å². The summed E-state index contributed by atoms with van der Waals surface area (Å²) in [4.78, 5) is 0. The average molecular weight is 435 g/mol. The van der Waals surface area contributed by atoms with Gasteiger partial charge in [0.15, 0.2) is 0 Å². The molecule has 0 aliphatic rings. The minimum atomic E-state index is -4.29. The number of rotatable bonds is 1. The third-order valence-electron chi connectivity index (χ3n) is 3.42. The molecule has 0 aliphatic carbocycles. The van der Waals surface area contributed by atoms with E-state index in [0.717, 1.165) is 39.6 Å². The van der Waals surface area contributed by atoms with Crippen LogP contribution in [0.3, 0.4) is 0 Å². The van der Waals surface area contributed by atoms with Crippen LogP contribution in [-0.4, -0.2) is 0 Å². The fraction of sp³-hybridized carbons (Fsp3) is 0.118. The van der Waals surface area contributed by atoms with Crippen molar-refractivity contribution in [3.05, 3.63) is 65.7 Å². The predicted molar refractivity (Wildman–Crippen MR) is 86.4 cm³/mol. The molecule has 0 unspecified atom stereocenters. The van der Waals surface area contributed by atoms with E-state index in [1.807, 2.05) is 25.1 Å². The van der Waals surface area contributed by atoms with Crippen molar-refractivity contribution < 1.29 is 34.0 Å². The first-order valence-electron chi connectivity index (χ1n) is 6.66. The number of benzene rings is 2. The molecule has 6 heteroatoms. The minimum absolute atomic E-state index is 0.618. The van der Waals surface area contributed by atoms with Crippen LogP contribution in [0.5, 0.6) is 0 Å². The average Bonchev–Trinajstić information content (AvgIpc) is 2.87. The number of halogens is 5. The van der Waals surface area contributed by atoms with Crippen LogP contribution in [-0.2, 0) is 27.0 Å². The maximum atomic E-state index is 12.6. The van der Waals surface area contributed by atoms with Gasteiger partial charge in [0.1, 0.15) is 0 Å². The zero-order chi connectivity index (χ0) is 17.0. The molecule has 3 aromatic rings. The standard InChI is InChI=1S/C17H12F3.2ClH.Zr/c1-11-9-13-3-2-4-15(16(13)10-11)12-5-7-14(8-6-12)17(18,19)20;;;/h2-10H,1H3;2*1H;/q-1;;;+2/p-2. The van der Waals surface area contributed by atoms with Gasteiger partial charge in [-0.3, -0.25) is 0 Å². The molecular formula is C17H12Cl2F3Zr-. The van der Waals surface area contributed by atoms with Crippen molar-refractivity contribution in [2.45, 2.75) is 13.1 Å². The van der Waals surface area contributed by atoms with Gasteiger partial charge in [0.25, 0.3) is 0 Å². The van der Waals surface area contributed by atoms with E-state index in [1.165, 1.54) is 12.1 Å². The molecule has 0 aliphatic heterocycles. The van der Waals surface area contributed by atoms with Crippen molar-refractivity contribution in [2.75, 3.05) is 0 Å². The molecule has 0 N–H and O–H groups in total. The number of aryl methyl sites for hydroxylation is 1. The summed E-state index contributed by atoms with van der Waals surface area (Å²) in [7, 11) is 9.87. The molecule has 0 spiro atoms. The van der Waals surface area contributed by atoms with Gasteiger partial charge in [0, 0.05) is 0 Å². The monoisotopic (exact) mass is 433 g/mol. The topological polar surface area (TPSA) is 0 Å². The second kappa shape index (κ2) is 7.92. The van der Waals surface area contributed by atoms with Gasteiger partial charge in [-0.05, 0) is 17.7 Å². The van der Waals surface area contributed by atoms with Crippen LogP contribution in [0.2, 0.25) is 0 Å². The Morgan fingerprint density at radius 1 is 1.00 bits per heavy atom. The van der Waals surface area contributed by atoms with Crippen molar-refractivity contribution in [1.29, 1.82) is 0 Å². The maximum absolute atomic E-state index is 12.6. The molecule has 120 valence electrons. The number of fused-ring (bicyclic) bond motifs is 1. The SMILES string of the molecule is Cc1cc2c(-c3ccc(C(F)(F)F)cc3)cccc2[cH-]1.[Cl][Zr][Cl]. The van der Waals surface area contributed by atoms with Crippen molar-refractivity contribution in [3.8, 4) is 11.1 Å². The number of alkyl halides is 3. The Labute approximate surface area is 151 Å². The van der Waals surface area contributed by atoms with Crippen molar-refractivity contribution >= 4 is 27.8 Å². The molecule has 0 saturated carbocycles.